The molecule has 0 radical (unpaired) electrons. The molecule has 0 atom stereocenters. The quantitative estimate of drug-likeness (QED) is 0.516. The highest BCUT2D eigenvalue weighted by Gasteiger charge is 2.29. The second-order valence-corrected chi connectivity index (χ2v) is 9.44. The fourth-order valence-corrected chi connectivity index (χ4v) is 4.39. The maximum atomic E-state index is 12.2. The summed E-state index contributed by atoms with van der Waals surface area (Å²) in [7, 11) is 0. The summed E-state index contributed by atoms with van der Waals surface area (Å²) >= 11 is 1.57. The van der Waals surface area contributed by atoms with Crippen LogP contribution in [0.15, 0.2) is 46.4 Å². The van der Waals surface area contributed by atoms with Gasteiger partial charge in [0.25, 0.3) is 0 Å². The molecule has 4 rings (SSSR count). The number of carbonyl (C=O) groups excluding carboxylic acids is 2. The van der Waals surface area contributed by atoms with Crippen molar-refractivity contribution in [2.24, 2.45) is 4.99 Å². The van der Waals surface area contributed by atoms with Crippen LogP contribution in [0.5, 0.6) is 0 Å². The zero-order valence-corrected chi connectivity index (χ0v) is 18.6. The van der Waals surface area contributed by atoms with E-state index < -0.39 is 11.6 Å². The molecule has 2 aliphatic heterocycles. The summed E-state index contributed by atoms with van der Waals surface area (Å²) < 4.78 is 10.8. The van der Waals surface area contributed by atoms with Gasteiger partial charge in [-0.25, -0.2) is 19.6 Å². The van der Waals surface area contributed by atoms with Gasteiger partial charge in [-0.1, -0.05) is 18.2 Å². The highest BCUT2D eigenvalue weighted by molar-refractivity contribution is 7.09. The Balaban J connectivity index is 1.40. The third-order valence-electron chi connectivity index (χ3n) is 4.96. The van der Waals surface area contributed by atoms with Gasteiger partial charge in [-0.05, 0) is 51.8 Å². The molecule has 0 spiro atoms. The molecule has 1 saturated heterocycles. The molecule has 0 N–H and O–H groups in total. The highest BCUT2D eigenvalue weighted by atomic mass is 32.1. The van der Waals surface area contributed by atoms with Crippen molar-refractivity contribution >= 4 is 35.4 Å². The van der Waals surface area contributed by atoms with Crippen molar-refractivity contribution in [1.82, 2.24) is 9.88 Å². The molecule has 7 nitrogen and oxygen atoms in total. The van der Waals surface area contributed by atoms with Gasteiger partial charge in [-0.3, -0.25) is 0 Å². The van der Waals surface area contributed by atoms with Gasteiger partial charge < -0.3 is 14.4 Å². The maximum Gasteiger partial charge on any atom is 0.410 e. The van der Waals surface area contributed by atoms with E-state index in [-0.39, 0.29) is 17.7 Å². The first-order valence-electron chi connectivity index (χ1n) is 10.3. The first-order chi connectivity index (χ1) is 14.8. The second-order valence-electron chi connectivity index (χ2n) is 8.55. The van der Waals surface area contributed by atoms with Gasteiger partial charge in [-0.2, -0.15) is 0 Å². The molecule has 0 unspecified atom stereocenters. The smallest absolute Gasteiger partial charge is 0.410 e. The van der Waals surface area contributed by atoms with E-state index in [1.165, 1.54) is 0 Å². The molecular formula is C23H25N3O4S. The molecule has 2 aliphatic rings. The van der Waals surface area contributed by atoms with Crippen LogP contribution in [0, 0.1) is 0 Å². The monoisotopic (exact) mass is 439 g/mol. The summed E-state index contributed by atoms with van der Waals surface area (Å²) in [6.45, 7) is 6.90. The Morgan fingerprint density at radius 3 is 2.61 bits per heavy atom. The molecular weight excluding hydrogens is 414 g/mol. The van der Waals surface area contributed by atoms with Crippen LogP contribution in [0.2, 0.25) is 0 Å². The predicted molar refractivity (Wildman–Crippen MR) is 119 cm³/mol. The van der Waals surface area contributed by atoms with Gasteiger partial charge in [0.15, 0.2) is 5.70 Å². The number of amides is 1. The Labute approximate surface area is 185 Å². The molecule has 0 aliphatic carbocycles. The Hall–Kier alpha value is -3.00. The Bertz CT molecular complexity index is 1030. The van der Waals surface area contributed by atoms with Crippen molar-refractivity contribution < 1.29 is 19.1 Å². The number of likely N-dealkylation sites (tertiary alicyclic amines) is 1. The number of benzene rings is 1. The summed E-state index contributed by atoms with van der Waals surface area (Å²) in [4.78, 5) is 35.2. The summed E-state index contributed by atoms with van der Waals surface area (Å²) in [6, 6.07) is 9.33. The molecule has 31 heavy (non-hydrogen) atoms. The highest BCUT2D eigenvalue weighted by Crippen LogP contribution is 2.31. The van der Waals surface area contributed by atoms with Crippen molar-refractivity contribution in [3.8, 4) is 0 Å². The van der Waals surface area contributed by atoms with Crippen molar-refractivity contribution in [1.29, 1.82) is 0 Å². The lowest BCUT2D eigenvalue weighted by atomic mass is 9.98. The van der Waals surface area contributed by atoms with Crippen molar-refractivity contribution in [3.05, 3.63) is 57.7 Å². The molecule has 1 aromatic heterocycles. The van der Waals surface area contributed by atoms with E-state index in [4.69, 9.17) is 9.47 Å². The molecule has 1 fully saturated rings. The largest absolute Gasteiger partial charge is 0.444 e. The molecule has 1 aromatic carbocycles. The number of cyclic esters (lactones) is 1. The minimum atomic E-state index is -0.490. The van der Waals surface area contributed by atoms with E-state index >= 15 is 0 Å². The molecule has 3 heterocycles. The van der Waals surface area contributed by atoms with Crippen LogP contribution in [0.1, 0.15) is 55.8 Å². The Kier molecular flexibility index (Phi) is 5.91. The number of nitrogens with zero attached hydrogens (tertiary/aromatic N) is 3. The minimum Gasteiger partial charge on any atom is -0.444 e. The van der Waals surface area contributed by atoms with Crippen LogP contribution < -0.4 is 0 Å². The molecule has 1 amide bonds. The fourth-order valence-electron chi connectivity index (χ4n) is 3.44. The first kappa shape index (κ1) is 21.2. The molecule has 8 heteroatoms. The summed E-state index contributed by atoms with van der Waals surface area (Å²) in [5, 5.41) is 2.93. The maximum absolute atomic E-state index is 12.2. The lowest BCUT2D eigenvalue weighted by molar-refractivity contribution is -0.129. The normalized spacial score (nSPS) is 18.8. The zero-order chi connectivity index (χ0) is 22.0. The van der Waals surface area contributed by atoms with Gasteiger partial charge >= 0.3 is 12.1 Å². The lowest BCUT2D eigenvalue weighted by Crippen LogP contribution is -2.41. The Morgan fingerprint density at radius 1 is 1.23 bits per heavy atom. The van der Waals surface area contributed by atoms with E-state index in [9.17, 15) is 9.59 Å². The van der Waals surface area contributed by atoms with Crippen LogP contribution in [0.4, 0.5) is 4.79 Å². The van der Waals surface area contributed by atoms with E-state index in [0.29, 0.717) is 24.7 Å². The van der Waals surface area contributed by atoms with Gasteiger partial charge in [0, 0.05) is 30.0 Å². The number of esters is 1. The SMILES string of the molecule is CC(C)(C)OC(=O)N1CCC(c2nc(/C=C3\N=C(c4ccccc4)OC3=O)cs2)CC1. The Morgan fingerprint density at radius 2 is 1.94 bits per heavy atom. The van der Waals surface area contributed by atoms with Gasteiger partial charge in [0.05, 0.1) is 10.7 Å². The number of piperidine rings is 1. The van der Waals surface area contributed by atoms with Crippen molar-refractivity contribution in [2.45, 2.75) is 45.1 Å². The number of hydrogen-bond donors (Lipinski definition) is 0. The fraction of sp³-hybridized carbons (Fsp3) is 0.391. The van der Waals surface area contributed by atoms with Crippen LogP contribution in [-0.4, -0.2) is 46.5 Å². The van der Waals surface area contributed by atoms with Gasteiger partial charge in [-0.15, -0.1) is 11.3 Å². The topological polar surface area (TPSA) is 81.1 Å². The average molecular weight is 440 g/mol. The number of hydrogen-bond acceptors (Lipinski definition) is 7. The number of ether oxygens (including phenoxy) is 2. The third-order valence-corrected chi connectivity index (χ3v) is 5.99. The van der Waals surface area contributed by atoms with E-state index in [1.54, 1.807) is 22.3 Å². The number of rotatable bonds is 3. The summed E-state index contributed by atoms with van der Waals surface area (Å²) in [5.74, 6) is 0.121. The summed E-state index contributed by atoms with van der Waals surface area (Å²) in [5.41, 5.74) is 1.21. The lowest BCUT2D eigenvalue weighted by Gasteiger charge is -2.32. The number of aliphatic imine (C=N–C) groups is 1. The predicted octanol–water partition coefficient (Wildman–Crippen LogP) is 4.60. The van der Waals surface area contributed by atoms with E-state index in [2.05, 4.69) is 9.98 Å². The standard InChI is InChI=1S/C23H25N3O4S/c1-23(2,3)30-22(28)26-11-9-16(10-12-26)20-24-17(14-31-20)13-18-21(27)29-19(25-18)15-7-5-4-6-8-15/h4-8,13-14,16H,9-12H2,1-3H3/b18-13-. The molecule has 0 bridgehead atoms. The number of aromatic nitrogens is 1. The second kappa shape index (κ2) is 8.63. The molecule has 162 valence electrons. The van der Waals surface area contributed by atoms with Gasteiger partial charge in [0.2, 0.25) is 5.90 Å². The van der Waals surface area contributed by atoms with Crippen molar-refractivity contribution in [2.75, 3.05) is 13.1 Å². The third kappa shape index (κ3) is 5.19. The first-order valence-corrected chi connectivity index (χ1v) is 11.2. The molecule has 0 saturated carbocycles. The van der Waals surface area contributed by atoms with Crippen LogP contribution in [0.25, 0.3) is 6.08 Å². The van der Waals surface area contributed by atoms with Crippen LogP contribution in [-0.2, 0) is 14.3 Å². The number of thiazole rings is 1. The minimum absolute atomic E-state index is 0.246. The summed E-state index contributed by atoms with van der Waals surface area (Å²) in [6.07, 6.45) is 3.07. The van der Waals surface area contributed by atoms with Gasteiger partial charge in [0.1, 0.15) is 5.60 Å². The van der Waals surface area contributed by atoms with Crippen LogP contribution in [0.3, 0.4) is 0 Å². The zero-order valence-electron chi connectivity index (χ0n) is 17.8. The number of carbonyl (C=O) groups is 2. The molecule has 2 aromatic rings. The van der Waals surface area contributed by atoms with Crippen LogP contribution >= 0.6 is 11.3 Å². The van der Waals surface area contributed by atoms with E-state index in [0.717, 1.165) is 23.4 Å². The van der Waals surface area contributed by atoms with E-state index in [1.807, 2.05) is 56.5 Å². The average Bonchev–Trinajstić information content (AvgIpc) is 3.35. The van der Waals surface area contributed by atoms with Crippen molar-refractivity contribution in [3.63, 3.8) is 0 Å².